The van der Waals surface area contributed by atoms with Crippen LogP contribution in [-0.4, -0.2) is 26.6 Å². The molecule has 180 valence electrons. The third-order valence-electron chi connectivity index (χ3n) is 6.56. The molecule has 6 nitrogen and oxygen atoms in total. The normalized spacial score (nSPS) is 11.1. The van der Waals surface area contributed by atoms with E-state index in [0.29, 0.717) is 29.0 Å². The Morgan fingerprint density at radius 1 is 0.972 bits per heavy atom. The Hall–Kier alpha value is -4.32. The Bertz CT molecular complexity index is 1590. The Morgan fingerprint density at radius 2 is 1.75 bits per heavy atom. The van der Waals surface area contributed by atoms with E-state index in [0.717, 1.165) is 40.9 Å². The summed E-state index contributed by atoms with van der Waals surface area (Å²) in [5, 5.41) is 3.61. The third kappa shape index (κ3) is 4.38. The van der Waals surface area contributed by atoms with Crippen LogP contribution in [-0.2, 0) is 19.4 Å². The minimum atomic E-state index is -0.0877. The van der Waals surface area contributed by atoms with Crippen LogP contribution in [0, 0.1) is 6.92 Å². The number of aromatic nitrogens is 4. The van der Waals surface area contributed by atoms with Crippen molar-refractivity contribution in [3.63, 3.8) is 0 Å². The van der Waals surface area contributed by atoms with Crippen molar-refractivity contribution < 1.29 is 0 Å². The highest BCUT2D eigenvalue weighted by atomic mass is 16.1. The first-order chi connectivity index (χ1) is 17.6. The molecular formula is C30H29N5O. The molecule has 0 unspecified atom stereocenters. The van der Waals surface area contributed by atoms with Crippen molar-refractivity contribution in [2.75, 3.05) is 12.4 Å². The van der Waals surface area contributed by atoms with E-state index in [1.807, 2.05) is 61.0 Å². The summed E-state index contributed by atoms with van der Waals surface area (Å²) >= 11 is 0. The number of fused-ring (bicyclic) bond motifs is 1. The number of anilines is 1. The fourth-order valence-corrected chi connectivity index (χ4v) is 4.69. The van der Waals surface area contributed by atoms with Crippen LogP contribution in [0.5, 0.6) is 0 Å². The second-order valence-electron chi connectivity index (χ2n) is 8.83. The quantitative estimate of drug-likeness (QED) is 0.328. The van der Waals surface area contributed by atoms with Gasteiger partial charge in [0, 0.05) is 37.1 Å². The van der Waals surface area contributed by atoms with Gasteiger partial charge in [-0.1, -0.05) is 61.5 Å². The van der Waals surface area contributed by atoms with E-state index >= 15 is 0 Å². The molecule has 0 bridgehead atoms. The molecule has 0 atom stereocenters. The summed E-state index contributed by atoms with van der Waals surface area (Å²) in [6.07, 6.45) is 5.05. The zero-order valence-electron chi connectivity index (χ0n) is 20.8. The van der Waals surface area contributed by atoms with Crippen molar-refractivity contribution in [2.24, 2.45) is 0 Å². The number of pyridine rings is 2. The molecule has 0 saturated heterocycles. The molecule has 3 aromatic heterocycles. The smallest absolute Gasteiger partial charge is 0.263 e. The Morgan fingerprint density at radius 3 is 2.50 bits per heavy atom. The molecule has 0 aliphatic heterocycles. The van der Waals surface area contributed by atoms with Crippen LogP contribution in [0.2, 0.25) is 0 Å². The van der Waals surface area contributed by atoms with Gasteiger partial charge in [0.05, 0.1) is 16.6 Å². The number of rotatable bonds is 7. The highest BCUT2D eigenvalue weighted by Crippen LogP contribution is 2.28. The maximum atomic E-state index is 14.2. The average Bonchev–Trinajstić information content (AvgIpc) is 2.92. The Labute approximate surface area is 210 Å². The van der Waals surface area contributed by atoms with Gasteiger partial charge in [-0.25, -0.2) is 9.97 Å². The number of hydrogen-bond acceptors (Lipinski definition) is 5. The Kier molecular flexibility index (Phi) is 6.58. The molecule has 0 radical (unpaired) electrons. The summed E-state index contributed by atoms with van der Waals surface area (Å²) in [4.78, 5) is 28.4. The van der Waals surface area contributed by atoms with Crippen LogP contribution in [0.25, 0.3) is 33.5 Å². The van der Waals surface area contributed by atoms with E-state index in [1.54, 1.807) is 12.4 Å². The first-order valence-electron chi connectivity index (χ1n) is 12.3. The molecule has 2 aromatic carbocycles. The van der Waals surface area contributed by atoms with Gasteiger partial charge in [-0.15, -0.1) is 0 Å². The standard InChI is InChI=1S/C30H29N5O/c1-4-22-12-8-9-13-24(22)29-34-25-14-16-32-27(23-18-20(2)28(31-3)33-19-23)26(25)30(36)35(29)17-15-21-10-6-5-7-11-21/h5-14,16,18-19H,4,15,17H2,1-3H3,(H,31,33). The Balaban J connectivity index is 1.74. The monoisotopic (exact) mass is 475 g/mol. The van der Waals surface area contributed by atoms with E-state index in [9.17, 15) is 4.79 Å². The molecule has 5 aromatic rings. The SMILES string of the molecule is CCc1ccccc1-c1nc2ccnc(-c3cnc(NC)c(C)c3)c2c(=O)n1CCc1ccccc1. The van der Waals surface area contributed by atoms with E-state index in [2.05, 4.69) is 46.5 Å². The third-order valence-corrected chi connectivity index (χ3v) is 6.56. The summed E-state index contributed by atoms with van der Waals surface area (Å²) < 4.78 is 1.82. The van der Waals surface area contributed by atoms with Crippen molar-refractivity contribution in [3.05, 3.63) is 106 Å². The first-order valence-corrected chi connectivity index (χ1v) is 12.3. The molecule has 0 aliphatic carbocycles. The van der Waals surface area contributed by atoms with Crippen LogP contribution >= 0.6 is 0 Å². The zero-order valence-corrected chi connectivity index (χ0v) is 20.8. The zero-order chi connectivity index (χ0) is 25.1. The lowest BCUT2D eigenvalue weighted by atomic mass is 10.0. The molecule has 0 saturated carbocycles. The van der Waals surface area contributed by atoms with Gasteiger partial charge in [0.2, 0.25) is 0 Å². The first kappa shape index (κ1) is 23.4. The molecular weight excluding hydrogens is 446 g/mol. The second-order valence-corrected chi connectivity index (χ2v) is 8.83. The number of aryl methyl sites for hydroxylation is 3. The molecule has 0 spiro atoms. The van der Waals surface area contributed by atoms with Gasteiger partial charge in [-0.05, 0) is 48.6 Å². The second kappa shape index (κ2) is 10.1. The molecule has 5 rings (SSSR count). The number of benzene rings is 2. The topological polar surface area (TPSA) is 72.7 Å². The maximum Gasteiger partial charge on any atom is 0.263 e. The highest BCUT2D eigenvalue weighted by Gasteiger charge is 2.19. The van der Waals surface area contributed by atoms with Crippen LogP contribution in [0.1, 0.15) is 23.6 Å². The van der Waals surface area contributed by atoms with Gasteiger partial charge in [-0.2, -0.15) is 0 Å². The van der Waals surface area contributed by atoms with Crippen molar-refractivity contribution in [3.8, 4) is 22.6 Å². The molecule has 0 fully saturated rings. The van der Waals surface area contributed by atoms with E-state index in [-0.39, 0.29) is 5.56 Å². The van der Waals surface area contributed by atoms with Gasteiger partial charge in [0.1, 0.15) is 11.6 Å². The fourth-order valence-electron chi connectivity index (χ4n) is 4.69. The predicted molar refractivity (Wildman–Crippen MR) is 146 cm³/mol. The minimum Gasteiger partial charge on any atom is -0.373 e. The molecule has 6 heteroatoms. The lowest BCUT2D eigenvalue weighted by molar-refractivity contribution is 0.670. The predicted octanol–water partition coefficient (Wildman–Crippen LogP) is 5.68. The van der Waals surface area contributed by atoms with Gasteiger partial charge >= 0.3 is 0 Å². The molecule has 3 heterocycles. The molecule has 0 aliphatic rings. The summed E-state index contributed by atoms with van der Waals surface area (Å²) in [6, 6.07) is 22.2. The van der Waals surface area contributed by atoms with Crippen LogP contribution < -0.4 is 10.9 Å². The summed E-state index contributed by atoms with van der Waals surface area (Å²) in [7, 11) is 1.84. The molecule has 0 amide bonds. The average molecular weight is 476 g/mol. The van der Waals surface area contributed by atoms with Gasteiger partial charge in [-0.3, -0.25) is 14.3 Å². The fraction of sp³-hybridized carbons (Fsp3) is 0.200. The van der Waals surface area contributed by atoms with Crippen LogP contribution in [0.4, 0.5) is 5.82 Å². The van der Waals surface area contributed by atoms with Gasteiger partial charge in [0.25, 0.3) is 5.56 Å². The maximum absolute atomic E-state index is 14.2. The lowest BCUT2D eigenvalue weighted by Gasteiger charge is -2.17. The van der Waals surface area contributed by atoms with Crippen LogP contribution in [0.15, 0.2) is 83.9 Å². The summed E-state index contributed by atoms with van der Waals surface area (Å²) in [5.41, 5.74) is 6.26. The van der Waals surface area contributed by atoms with Crippen molar-refractivity contribution in [1.29, 1.82) is 0 Å². The van der Waals surface area contributed by atoms with E-state index in [1.165, 1.54) is 5.56 Å². The summed E-state index contributed by atoms with van der Waals surface area (Å²) in [6.45, 7) is 4.63. The highest BCUT2D eigenvalue weighted by molar-refractivity contribution is 5.92. The molecule has 36 heavy (non-hydrogen) atoms. The van der Waals surface area contributed by atoms with Crippen LogP contribution in [0.3, 0.4) is 0 Å². The minimum absolute atomic E-state index is 0.0877. The van der Waals surface area contributed by atoms with E-state index in [4.69, 9.17) is 4.98 Å². The number of nitrogens with zero attached hydrogens (tertiary/aromatic N) is 4. The number of nitrogens with one attached hydrogen (secondary N) is 1. The number of hydrogen-bond donors (Lipinski definition) is 1. The van der Waals surface area contributed by atoms with Gasteiger partial charge in [0.15, 0.2) is 0 Å². The van der Waals surface area contributed by atoms with Crippen molar-refractivity contribution in [2.45, 2.75) is 33.2 Å². The van der Waals surface area contributed by atoms with Crippen molar-refractivity contribution >= 4 is 16.7 Å². The lowest BCUT2D eigenvalue weighted by Crippen LogP contribution is -2.25. The summed E-state index contributed by atoms with van der Waals surface area (Å²) in [5.74, 6) is 1.49. The largest absolute Gasteiger partial charge is 0.373 e. The molecule has 1 N–H and O–H groups in total. The van der Waals surface area contributed by atoms with E-state index < -0.39 is 0 Å². The van der Waals surface area contributed by atoms with Crippen molar-refractivity contribution in [1.82, 2.24) is 19.5 Å². The van der Waals surface area contributed by atoms with Gasteiger partial charge < -0.3 is 5.32 Å².